The molecule has 4 saturated carbocycles. The molecule has 794 valence electrons. The molecule has 7 fully saturated rings. The summed E-state index contributed by atoms with van der Waals surface area (Å²) in [6, 6.07) is 64.5. The van der Waals surface area contributed by atoms with Crippen LogP contribution in [0.4, 0.5) is 28.4 Å². The molecule has 7 aromatic carbocycles. The molecule has 7 aromatic rings. The molecule has 0 spiro atoms. The first-order valence-electron chi connectivity index (χ1n) is 53.2. The smallest absolute Gasteiger partial charge is 0.679 e. The number of hydrogen-bond donors (Lipinski definition) is 0. The number of anilines is 4. The van der Waals surface area contributed by atoms with Crippen LogP contribution < -0.4 is 30.0 Å². The van der Waals surface area contributed by atoms with E-state index in [4.69, 9.17) is 20.9 Å². The van der Waals surface area contributed by atoms with Gasteiger partial charge in [0.05, 0.1) is 0 Å². The average molecular weight is 2140 g/mol. The van der Waals surface area contributed by atoms with E-state index in [0.29, 0.717) is 65.0 Å². The molecule has 18 rings (SSSR count). The van der Waals surface area contributed by atoms with E-state index in [0.717, 1.165) is 58.6 Å². The molecule has 0 radical (unpaired) electrons. The van der Waals surface area contributed by atoms with E-state index in [2.05, 4.69) is 385 Å². The topological polar surface area (TPSA) is 82.3 Å². The molecular weight excluding hydrogens is 1950 g/mol. The van der Waals surface area contributed by atoms with Gasteiger partial charge in [-0.15, -0.1) is 64.2 Å². The molecule has 3 saturated heterocycles. The summed E-state index contributed by atoms with van der Waals surface area (Å²) in [5.74, 6) is 7.42. The predicted molar refractivity (Wildman–Crippen MR) is 640 cm³/mol. The van der Waals surface area contributed by atoms with Crippen molar-refractivity contribution in [3.63, 3.8) is 0 Å². The van der Waals surface area contributed by atoms with E-state index in [1.54, 1.807) is 0 Å². The Kier molecular flexibility index (Phi) is 58.6. The van der Waals surface area contributed by atoms with Crippen LogP contribution in [-0.4, -0.2) is 196 Å². The second-order valence-electron chi connectivity index (χ2n) is 47.0. The molecule has 0 bridgehead atoms. The van der Waals surface area contributed by atoms with Crippen LogP contribution in [0.5, 0.6) is 0 Å². The Balaban J connectivity index is 0.000000446. The van der Waals surface area contributed by atoms with E-state index in [1.807, 2.05) is 129 Å². The van der Waals surface area contributed by atoms with Crippen LogP contribution in [0.25, 0.3) is 20.9 Å². The Bertz CT molecular complexity index is 4980. The van der Waals surface area contributed by atoms with E-state index in [1.165, 1.54) is 166 Å². The van der Waals surface area contributed by atoms with Gasteiger partial charge in [0.2, 0.25) is 0 Å². The number of allylic oxidation sites excluding steroid dienone is 13. The summed E-state index contributed by atoms with van der Waals surface area (Å²) in [7, 11) is 18.2. The number of para-hydroxylation sites is 5. The average Bonchev–Trinajstić information content (AvgIpc) is 1.44. The Labute approximate surface area is 984 Å². The van der Waals surface area contributed by atoms with Crippen molar-refractivity contribution in [2.24, 2.45) is 59.2 Å². The number of likely N-dealkylation sites (tertiary alicyclic amines) is 3. The van der Waals surface area contributed by atoms with Crippen molar-refractivity contribution in [2.45, 2.75) is 244 Å². The number of aryl methyl sites for hydroxylation is 1. The summed E-state index contributed by atoms with van der Waals surface area (Å²) < 4.78 is 0. The summed E-state index contributed by atoms with van der Waals surface area (Å²) >= 11 is 0. The summed E-state index contributed by atoms with van der Waals surface area (Å²) in [5, 5.41) is 17.9. The van der Waals surface area contributed by atoms with Crippen molar-refractivity contribution in [3.8, 4) is 0 Å². The zero-order valence-electron chi connectivity index (χ0n) is 97.7. The Hall–Kier alpha value is -5.64. The maximum absolute atomic E-state index is 5.87. The van der Waals surface area contributed by atoms with Gasteiger partial charge in [0.1, 0.15) is 0 Å². The van der Waals surface area contributed by atoms with Crippen molar-refractivity contribution in [3.05, 3.63) is 385 Å². The van der Waals surface area contributed by atoms with Crippen LogP contribution in [0.1, 0.15) is 213 Å². The molecule has 148 heavy (non-hydrogen) atoms. The van der Waals surface area contributed by atoms with E-state index in [9.17, 15) is 0 Å². The van der Waals surface area contributed by atoms with E-state index >= 15 is 0 Å². The molecule has 3 heterocycles. The molecule has 8 aliphatic carbocycles. The second-order valence-corrected chi connectivity index (χ2v) is 50.6. The summed E-state index contributed by atoms with van der Waals surface area (Å²) in [6.07, 6.45) is 54.0. The van der Waals surface area contributed by atoms with Crippen molar-refractivity contribution < 1.29 is 103 Å². The van der Waals surface area contributed by atoms with Crippen molar-refractivity contribution in [2.75, 3.05) is 136 Å². The van der Waals surface area contributed by atoms with Crippen molar-refractivity contribution in [1.29, 1.82) is 0 Å². The van der Waals surface area contributed by atoms with Gasteiger partial charge >= 0.3 is 103 Å². The van der Waals surface area contributed by atoms with Crippen LogP contribution in [-0.2, 0) is 103 Å². The van der Waals surface area contributed by atoms with Gasteiger partial charge in [-0.2, -0.15) is 74.2 Å². The fourth-order valence-electron chi connectivity index (χ4n) is 24.5. The molecule has 17 atom stereocenters. The maximum atomic E-state index is 5.87. The van der Waals surface area contributed by atoms with Gasteiger partial charge in [-0.05, 0) is 252 Å². The maximum Gasteiger partial charge on any atom is 3.00 e. The number of fused-ring (bicyclic) bond motifs is 4. The Morgan fingerprint density at radius 1 is 0.351 bits per heavy atom. The summed E-state index contributed by atoms with van der Waals surface area (Å²) in [6.45, 7) is 58.1. The first-order chi connectivity index (χ1) is 66.4. The third-order valence-corrected chi connectivity index (χ3v) is 35.6. The molecule has 17 unspecified atom stereocenters. The predicted octanol–water partition coefficient (Wildman–Crippen LogP) is 30.2. The molecule has 0 amide bonds. The largest absolute Gasteiger partial charge is 3.00 e. The van der Waals surface area contributed by atoms with E-state index < -0.39 is 8.24 Å². The third kappa shape index (κ3) is 38.7. The molecule has 0 N–H and O–H groups in total. The van der Waals surface area contributed by atoms with Gasteiger partial charge < -0.3 is 75.1 Å². The number of nitrogens with zero attached hydrogens (tertiary/aromatic N) is 12. The van der Waals surface area contributed by atoms with Gasteiger partial charge in [0, 0.05) is 32.4 Å². The van der Waals surface area contributed by atoms with Gasteiger partial charge in [-0.3, -0.25) is 14.7 Å². The van der Waals surface area contributed by atoms with Gasteiger partial charge in [0.25, 0.3) is 0 Å². The minimum atomic E-state index is -2.51. The first-order valence-corrected chi connectivity index (χ1v) is 55.2. The van der Waals surface area contributed by atoms with Crippen molar-refractivity contribution >= 4 is 47.0 Å². The first kappa shape index (κ1) is 137. The molecule has 3 aliphatic heterocycles. The minimum Gasteiger partial charge on any atom is -0.679 e. The molecular formula is C131H194N12Sc4Si. The second kappa shape index (κ2) is 63.5. The van der Waals surface area contributed by atoms with Crippen molar-refractivity contribution in [1.82, 2.24) is 19.6 Å². The Morgan fingerprint density at radius 3 is 1.09 bits per heavy atom. The standard InChI is InChI=1S/C28H37N2Si.C23H31N2.2C20H33N2.4C9H12N.4CH3.4Sc/c1-21-16-18-24(19-17-21)31(29-28(2,3)4,23-13-8-7-9-14-23)27-25-15-11-10-12-22(25)20-26(27)30(5)6;1-23(2,3)24-21-13-7-6-11-18(21)20-16-22(25-14-8-9-15-25)19-12-5-4-10-17(19)20;1-19(2,3)21-20(4,5)17-14-18(22-12-8-9-13-22)16-11-7-6-10-15(16)17;1-20(2,3)21-12-8-9-16-15-19(22-13-6-7-14-22)18-11-5-4-10-17(16)18;4*1-8-6-4-5-7-9(8)10(2)3;;;;;;;;/h7-19,22,25-27H,20H2,1-6H3;4-7,10-13,17,19-20,22H,8-9,14-16H2,1-3H3;6-7,10-11,15-18H,8-9,12-14H2,1-5H3;4-5,10-11,16-19H,6-9,12-15H2,1-3H3;4*4-7H,1H2,2-3H3;4*1H3;;;;/q12*-1;4*+3. The third-order valence-electron chi connectivity index (χ3n) is 30.4. The quantitative estimate of drug-likeness (QED) is 0.0424. The SMILES string of the molecule is CC(C)(C)[N-]C(C)(C)C1CC(N2CCCC2)C2C=CC=CC21.CC(C)(C)[N-]CCCC1CC(N2CCCC2)C2C=CC=CC12.CC(C)(C)[N-]c1ccccc1C1CC(N2CCCC2)C2C=CC=CC12.Cc1ccc([Si]([N-]C(C)(C)C)(c2ccccc2)C2C3C=CC=CC3CC2N(C)C)cc1.[CH2-]c1ccccc1N(C)C.[CH2-]c1ccccc1N(C)C.[CH2-]c1ccccc1N(C)C.[CH2-]c1ccccc1N(C)C.[CH3-].[CH3-].[CH3-].[CH3-].[Sc+3].[Sc+3].[Sc+3].[Sc+3]. The monoisotopic (exact) mass is 2140 g/mol. The normalized spacial score (nSPS) is 24.3. The minimum absolute atomic E-state index is 0. The van der Waals surface area contributed by atoms with Crippen LogP contribution in [0.15, 0.2) is 273 Å². The van der Waals surface area contributed by atoms with Crippen LogP contribution in [0.3, 0.4) is 0 Å². The van der Waals surface area contributed by atoms with Crippen LogP contribution in [0, 0.1) is 124 Å². The molecule has 12 nitrogen and oxygen atoms in total. The zero-order chi connectivity index (χ0) is 101. The van der Waals surface area contributed by atoms with Crippen LogP contribution >= 0.6 is 0 Å². The zero-order valence-corrected chi connectivity index (χ0v) is 106. The number of rotatable bonds is 20. The Morgan fingerprint density at radius 2 is 0.703 bits per heavy atom. The number of benzene rings is 7. The molecule has 0 aromatic heterocycles. The summed E-state index contributed by atoms with van der Waals surface area (Å²) in [4.78, 5) is 24.9. The fourth-order valence-corrected chi connectivity index (χ4v) is 30.4. The fraction of sp³-hybridized carbons (Fsp3) is 0.496. The molecule has 11 aliphatic rings. The number of hydrogen-bond acceptors (Lipinski definition) is 8. The van der Waals surface area contributed by atoms with Gasteiger partial charge in [-0.1, -0.05) is 379 Å². The molecule has 17 heteroatoms. The van der Waals surface area contributed by atoms with Crippen LogP contribution in [0.2, 0.25) is 5.54 Å². The van der Waals surface area contributed by atoms with Gasteiger partial charge in [0.15, 0.2) is 0 Å². The summed E-state index contributed by atoms with van der Waals surface area (Å²) in [5.41, 5.74) is 13.5. The van der Waals surface area contributed by atoms with Gasteiger partial charge in [-0.25, -0.2) is 0 Å². The van der Waals surface area contributed by atoms with E-state index in [-0.39, 0.29) is 161 Å².